The molecule has 0 aromatic heterocycles. The first-order valence-corrected chi connectivity index (χ1v) is 10.3. The SMILES string of the molecule is C/C=C\[C@H](C)[C@H]1O[C@@]1(C)[C@@H](C)[C@@H](CC)C(=O)[C@H]1COC(O)(CC)C[C@@H]1C. The van der Waals surface area contributed by atoms with E-state index in [2.05, 4.69) is 46.8 Å². The molecule has 2 aliphatic rings. The van der Waals surface area contributed by atoms with Gasteiger partial charge in [-0.1, -0.05) is 46.8 Å². The zero-order valence-corrected chi connectivity index (χ0v) is 17.6. The van der Waals surface area contributed by atoms with Gasteiger partial charge in [0.1, 0.15) is 5.78 Å². The number of carbonyl (C=O) groups excluding carboxylic acids is 1. The molecule has 0 aromatic rings. The van der Waals surface area contributed by atoms with E-state index in [4.69, 9.17) is 9.47 Å². The molecule has 0 aromatic carbocycles. The van der Waals surface area contributed by atoms with E-state index in [1.165, 1.54) is 0 Å². The molecule has 4 heteroatoms. The van der Waals surface area contributed by atoms with Crippen LogP contribution in [0.4, 0.5) is 0 Å². The summed E-state index contributed by atoms with van der Waals surface area (Å²) in [5.41, 5.74) is -0.238. The number of ether oxygens (including phenoxy) is 2. The van der Waals surface area contributed by atoms with E-state index < -0.39 is 5.79 Å². The molecule has 1 unspecified atom stereocenters. The van der Waals surface area contributed by atoms with Crippen LogP contribution in [0.25, 0.3) is 0 Å². The fraction of sp³-hybridized carbons (Fsp3) is 0.864. The lowest BCUT2D eigenvalue weighted by Gasteiger charge is -2.41. The van der Waals surface area contributed by atoms with Gasteiger partial charge in [0.15, 0.2) is 5.79 Å². The summed E-state index contributed by atoms with van der Waals surface area (Å²) < 4.78 is 11.8. The van der Waals surface area contributed by atoms with Crippen molar-refractivity contribution in [3.63, 3.8) is 0 Å². The number of carbonyl (C=O) groups is 1. The first-order chi connectivity index (χ1) is 12.1. The average molecular weight is 367 g/mol. The minimum absolute atomic E-state index is 0.0355. The summed E-state index contributed by atoms with van der Waals surface area (Å²) in [4.78, 5) is 13.3. The fourth-order valence-corrected chi connectivity index (χ4v) is 4.84. The Hall–Kier alpha value is -0.710. The summed E-state index contributed by atoms with van der Waals surface area (Å²) in [6.07, 6.45) is 6.32. The van der Waals surface area contributed by atoms with Crippen molar-refractivity contribution < 1.29 is 19.4 Å². The summed E-state index contributed by atoms with van der Waals surface area (Å²) in [6.45, 7) is 14.9. The molecule has 0 bridgehead atoms. The number of aliphatic hydroxyl groups is 1. The number of hydrogen-bond acceptors (Lipinski definition) is 4. The van der Waals surface area contributed by atoms with Gasteiger partial charge in [0.2, 0.25) is 0 Å². The van der Waals surface area contributed by atoms with Gasteiger partial charge in [-0.3, -0.25) is 4.79 Å². The third-order valence-electron chi connectivity index (χ3n) is 6.95. The Bertz CT molecular complexity index is 530. The van der Waals surface area contributed by atoms with Crippen LogP contribution in [0.3, 0.4) is 0 Å². The molecule has 0 radical (unpaired) electrons. The third-order valence-corrected chi connectivity index (χ3v) is 6.95. The van der Waals surface area contributed by atoms with E-state index in [1.54, 1.807) is 0 Å². The van der Waals surface area contributed by atoms with Crippen LogP contribution >= 0.6 is 0 Å². The monoisotopic (exact) mass is 366 g/mol. The molecule has 26 heavy (non-hydrogen) atoms. The smallest absolute Gasteiger partial charge is 0.165 e. The summed E-state index contributed by atoms with van der Waals surface area (Å²) in [5.74, 6) is -0.307. The minimum atomic E-state index is -1.07. The van der Waals surface area contributed by atoms with Crippen molar-refractivity contribution in [3.05, 3.63) is 12.2 Å². The van der Waals surface area contributed by atoms with Crippen LogP contribution in [0, 0.1) is 29.6 Å². The van der Waals surface area contributed by atoms with Gasteiger partial charge in [-0.05, 0) is 38.5 Å². The van der Waals surface area contributed by atoms with Crippen molar-refractivity contribution in [2.75, 3.05) is 6.61 Å². The fourth-order valence-electron chi connectivity index (χ4n) is 4.84. The predicted octanol–water partition coefficient (Wildman–Crippen LogP) is 4.36. The van der Waals surface area contributed by atoms with Gasteiger partial charge < -0.3 is 14.6 Å². The van der Waals surface area contributed by atoms with Crippen LogP contribution in [0.2, 0.25) is 0 Å². The van der Waals surface area contributed by atoms with Crippen LogP contribution in [0.15, 0.2) is 12.2 Å². The van der Waals surface area contributed by atoms with Crippen LogP contribution in [-0.4, -0.2) is 35.0 Å². The number of Topliss-reactive ketones (excluding diaryl/α,β-unsaturated/α-hetero) is 1. The second kappa shape index (κ2) is 8.12. The second-order valence-corrected chi connectivity index (χ2v) is 8.71. The van der Waals surface area contributed by atoms with Crippen LogP contribution in [0.5, 0.6) is 0 Å². The average Bonchev–Trinajstić information content (AvgIpc) is 3.29. The van der Waals surface area contributed by atoms with Gasteiger partial charge in [0.05, 0.1) is 18.3 Å². The van der Waals surface area contributed by atoms with Gasteiger partial charge in [-0.2, -0.15) is 0 Å². The standard InChI is InChI=1S/C22H38O4/c1-8-11-14(4)20-21(7,26-20)16(6)17(9-2)19(23)18-13-25-22(24,10-3)12-15(18)5/h8,11,14-18,20,24H,9-10,12-13H2,1-7H3/b11-8-/t14-,15-,16-,17+,18-,20+,21-,22?/m0/s1. The van der Waals surface area contributed by atoms with Crippen molar-refractivity contribution in [1.82, 2.24) is 0 Å². The van der Waals surface area contributed by atoms with Crippen molar-refractivity contribution in [3.8, 4) is 0 Å². The van der Waals surface area contributed by atoms with E-state index in [0.29, 0.717) is 25.4 Å². The zero-order valence-electron chi connectivity index (χ0n) is 17.6. The molecular formula is C22H38O4. The normalized spacial score (nSPS) is 41.0. The third kappa shape index (κ3) is 4.07. The first kappa shape index (κ1) is 21.6. The largest absolute Gasteiger partial charge is 0.365 e. The molecular weight excluding hydrogens is 328 g/mol. The molecule has 0 saturated carbocycles. The Balaban J connectivity index is 2.07. The van der Waals surface area contributed by atoms with Gasteiger partial charge in [-0.15, -0.1) is 0 Å². The number of rotatable bonds is 8. The molecule has 0 amide bonds. The zero-order chi connectivity index (χ0) is 19.7. The number of hydrogen-bond donors (Lipinski definition) is 1. The highest BCUT2D eigenvalue weighted by atomic mass is 16.6. The Morgan fingerprint density at radius 2 is 2.00 bits per heavy atom. The molecule has 150 valence electrons. The van der Waals surface area contributed by atoms with E-state index >= 15 is 0 Å². The van der Waals surface area contributed by atoms with Crippen molar-refractivity contribution in [2.45, 2.75) is 85.2 Å². The molecule has 4 nitrogen and oxygen atoms in total. The van der Waals surface area contributed by atoms with Gasteiger partial charge >= 0.3 is 0 Å². The Kier molecular flexibility index (Phi) is 6.74. The van der Waals surface area contributed by atoms with Crippen molar-refractivity contribution >= 4 is 5.78 Å². The number of allylic oxidation sites excluding steroid dienone is 1. The first-order valence-electron chi connectivity index (χ1n) is 10.3. The summed E-state index contributed by atoms with van der Waals surface area (Å²) >= 11 is 0. The molecule has 0 spiro atoms. The lowest BCUT2D eigenvalue weighted by atomic mass is 9.71. The number of epoxide rings is 1. The summed E-state index contributed by atoms with van der Waals surface area (Å²) in [6, 6.07) is 0. The quantitative estimate of drug-likeness (QED) is 0.512. The number of ketones is 1. The molecule has 2 heterocycles. The molecule has 2 rings (SSSR count). The van der Waals surface area contributed by atoms with Crippen molar-refractivity contribution in [1.29, 1.82) is 0 Å². The molecule has 0 aliphatic carbocycles. The van der Waals surface area contributed by atoms with Crippen LogP contribution in [-0.2, 0) is 14.3 Å². The Morgan fingerprint density at radius 3 is 2.50 bits per heavy atom. The maximum atomic E-state index is 13.3. The van der Waals surface area contributed by atoms with Crippen molar-refractivity contribution in [2.24, 2.45) is 29.6 Å². The molecule has 2 aliphatic heterocycles. The van der Waals surface area contributed by atoms with Gasteiger partial charge in [-0.25, -0.2) is 0 Å². The minimum Gasteiger partial charge on any atom is -0.365 e. The second-order valence-electron chi connectivity index (χ2n) is 8.71. The van der Waals surface area contributed by atoms with Crippen LogP contribution in [0.1, 0.15) is 67.7 Å². The van der Waals surface area contributed by atoms with E-state index in [-0.39, 0.29) is 41.2 Å². The maximum absolute atomic E-state index is 13.3. The van der Waals surface area contributed by atoms with Gasteiger partial charge in [0.25, 0.3) is 0 Å². The van der Waals surface area contributed by atoms with E-state index in [1.807, 2.05) is 13.8 Å². The highest BCUT2D eigenvalue weighted by Crippen LogP contribution is 2.51. The highest BCUT2D eigenvalue weighted by molar-refractivity contribution is 5.84. The predicted molar refractivity (Wildman–Crippen MR) is 104 cm³/mol. The summed E-state index contributed by atoms with van der Waals surface area (Å²) in [5, 5.41) is 10.4. The Morgan fingerprint density at radius 1 is 1.35 bits per heavy atom. The van der Waals surface area contributed by atoms with Crippen LogP contribution < -0.4 is 0 Å². The Labute approximate surface area is 159 Å². The van der Waals surface area contributed by atoms with E-state index in [0.717, 1.165) is 6.42 Å². The lowest BCUT2D eigenvalue weighted by Crippen LogP contribution is -2.48. The molecule has 2 saturated heterocycles. The topological polar surface area (TPSA) is 59.1 Å². The highest BCUT2D eigenvalue weighted by Gasteiger charge is 2.60. The maximum Gasteiger partial charge on any atom is 0.165 e. The molecule has 2 fully saturated rings. The molecule has 1 N–H and O–H groups in total. The lowest BCUT2D eigenvalue weighted by molar-refractivity contribution is -0.247. The summed E-state index contributed by atoms with van der Waals surface area (Å²) in [7, 11) is 0. The van der Waals surface area contributed by atoms with E-state index in [9.17, 15) is 9.90 Å². The molecule has 8 atom stereocenters. The van der Waals surface area contributed by atoms with Gasteiger partial charge in [0, 0.05) is 24.2 Å².